The zero-order valence-corrected chi connectivity index (χ0v) is 12.5. The average molecular weight is 287 g/mol. The molecular formula is C15H21N5O. The highest BCUT2D eigenvalue weighted by Gasteiger charge is 2.01. The molecule has 6 nitrogen and oxygen atoms in total. The number of aromatic nitrogens is 3. The number of nitrogens with zero attached hydrogens (tertiary/aromatic N) is 3. The van der Waals surface area contributed by atoms with Crippen LogP contribution in [0.25, 0.3) is 0 Å². The van der Waals surface area contributed by atoms with Crippen LogP contribution in [0.2, 0.25) is 0 Å². The lowest BCUT2D eigenvalue weighted by molar-refractivity contribution is 0.197. The first-order valence-electron chi connectivity index (χ1n) is 7.10. The second-order valence-electron chi connectivity index (χ2n) is 4.61. The van der Waals surface area contributed by atoms with Crippen LogP contribution in [-0.2, 0) is 11.2 Å². The predicted octanol–water partition coefficient (Wildman–Crippen LogP) is 2.63. The first-order chi connectivity index (χ1) is 10.3. The number of aryl methyl sites for hydroxylation is 1. The summed E-state index contributed by atoms with van der Waals surface area (Å²) >= 11 is 0. The minimum atomic E-state index is 0.482. The summed E-state index contributed by atoms with van der Waals surface area (Å²) in [6, 6.07) is 8.20. The largest absolute Gasteiger partial charge is 0.385 e. The molecule has 0 unspecified atom stereocenters. The SMILES string of the molecule is CCc1ccc(Nc2nncc(NCCCOC)n2)cc1. The molecule has 0 saturated carbocycles. The lowest BCUT2D eigenvalue weighted by Gasteiger charge is -2.08. The van der Waals surface area contributed by atoms with Crippen LogP contribution in [0.5, 0.6) is 0 Å². The first-order valence-corrected chi connectivity index (χ1v) is 7.10. The standard InChI is InChI=1S/C15H21N5O/c1-3-12-5-7-13(8-6-12)18-15-19-14(11-17-20-15)16-9-4-10-21-2/h5-8,11H,3-4,9-10H2,1-2H3,(H2,16,18,19,20). The van der Waals surface area contributed by atoms with Gasteiger partial charge in [0.1, 0.15) is 0 Å². The minimum Gasteiger partial charge on any atom is -0.385 e. The molecule has 0 aliphatic rings. The third-order valence-electron chi connectivity index (χ3n) is 3.01. The van der Waals surface area contributed by atoms with Gasteiger partial charge in [0.15, 0.2) is 5.82 Å². The van der Waals surface area contributed by atoms with Gasteiger partial charge in [-0.25, -0.2) is 0 Å². The van der Waals surface area contributed by atoms with Gasteiger partial charge in [-0.3, -0.25) is 0 Å². The normalized spacial score (nSPS) is 10.4. The van der Waals surface area contributed by atoms with Gasteiger partial charge in [-0.05, 0) is 30.5 Å². The van der Waals surface area contributed by atoms with Gasteiger partial charge in [0.05, 0.1) is 6.20 Å². The Labute approximate surface area is 125 Å². The summed E-state index contributed by atoms with van der Waals surface area (Å²) in [6.45, 7) is 3.64. The van der Waals surface area contributed by atoms with Crippen LogP contribution in [0.4, 0.5) is 17.5 Å². The molecule has 0 amide bonds. The maximum atomic E-state index is 5.00. The third-order valence-corrected chi connectivity index (χ3v) is 3.01. The molecule has 1 aromatic heterocycles. The van der Waals surface area contributed by atoms with Gasteiger partial charge in [0.25, 0.3) is 0 Å². The number of ether oxygens (including phenoxy) is 1. The monoisotopic (exact) mass is 287 g/mol. The summed E-state index contributed by atoms with van der Waals surface area (Å²) in [5.74, 6) is 1.18. The van der Waals surface area contributed by atoms with Crippen molar-refractivity contribution >= 4 is 17.5 Å². The molecule has 2 rings (SSSR count). The number of anilines is 3. The summed E-state index contributed by atoms with van der Waals surface area (Å²) in [4.78, 5) is 4.37. The van der Waals surface area contributed by atoms with Crippen molar-refractivity contribution in [3.63, 3.8) is 0 Å². The number of methoxy groups -OCH3 is 1. The van der Waals surface area contributed by atoms with Crippen molar-refractivity contribution in [3.8, 4) is 0 Å². The quantitative estimate of drug-likeness (QED) is 0.727. The Balaban J connectivity index is 1.93. The molecule has 2 aromatic rings. The van der Waals surface area contributed by atoms with Gasteiger partial charge in [0.2, 0.25) is 5.95 Å². The Kier molecular flexibility index (Phi) is 5.90. The van der Waals surface area contributed by atoms with Crippen LogP contribution >= 0.6 is 0 Å². The van der Waals surface area contributed by atoms with Crippen molar-refractivity contribution in [3.05, 3.63) is 36.0 Å². The second kappa shape index (κ2) is 8.16. The van der Waals surface area contributed by atoms with Crippen molar-refractivity contribution in [1.82, 2.24) is 15.2 Å². The van der Waals surface area contributed by atoms with E-state index in [1.54, 1.807) is 13.3 Å². The number of hydrogen-bond donors (Lipinski definition) is 2. The zero-order chi connectivity index (χ0) is 14.9. The fraction of sp³-hybridized carbons (Fsp3) is 0.400. The summed E-state index contributed by atoms with van der Waals surface area (Å²) in [5, 5.41) is 14.3. The van der Waals surface area contributed by atoms with E-state index < -0.39 is 0 Å². The van der Waals surface area contributed by atoms with E-state index in [0.29, 0.717) is 11.8 Å². The molecule has 0 radical (unpaired) electrons. The van der Waals surface area contributed by atoms with Crippen LogP contribution < -0.4 is 10.6 Å². The molecule has 0 atom stereocenters. The Hall–Kier alpha value is -2.21. The molecule has 112 valence electrons. The van der Waals surface area contributed by atoms with Crippen molar-refractivity contribution in [2.45, 2.75) is 19.8 Å². The van der Waals surface area contributed by atoms with Gasteiger partial charge >= 0.3 is 0 Å². The Morgan fingerprint density at radius 2 is 2.00 bits per heavy atom. The fourth-order valence-corrected chi connectivity index (χ4v) is 1.83. The first kappa shape index (κ1) is 15.2. The maximum Gasteiger partial charge on any atom is 0.249 e. The van der Waals surface area contributed by atoms with E-state index in [9.17, 15) is 0 Å². The molecule has 1 aromatic carbocycles. The van der Waals surface area contributed by atoms with E-state index in [0.717, 1.165) is 31.7 Å². The van der Waals surface area contributed by atoms with E-state index in [1.165, 1.54) is 5.56 Å². The van der Waals surface area contributed by atoms with Gasteiger partial charge < -0.3 is 15.4 Å². The highest BCUT2D eigenvalue weighted by molar-refractivity contribution is 5.54. The third kappa shape index (κ3) is 5.00. The number of benzene rings is 1. The molecular weight excluding hydrogens is 266 g/mol. The van der Waals surface area contributed by atoms with Crippen molar-refractivity contribution in [2.75, 3.05) is 30.9 Å². The molecule has 21 heavy (non-hydrogen) atoms. The lowest BCUT2D eigenvalue weighted by Crippen LogP contribution is -2.08. The summed E-state index contributed by atoms with van der Waals surface area (Å²) in [5.41, 5.74) is 2.25. The van der Waals surface area contributed by atoms with Gasteiger partial charge in [0, 0.05) is 25.9 Å². The highest BCUT2D eigenvalue weighted by Crippen LogP contribution is 2.14. The lowest BCUT2D eigenvalue weighted by atomic mass is 10.1. The summed E-state index contributed by atoms with van der Waals surface area (Å²) < 4.78 is 5.00. The number of rotatable bonds is 8. The van der Waals surface area contributed by atoms with E-state index in [4.69, 9.17) is 4.74 Å². The highest BCUT2D eigenvalue weighted by atomic mass is 16.5. The molecule has 0 bridgehead atoms. The Bertz CT molecular complexity index is 544. The average Bonchev–Trinajstić information content (AvgIpc) is 2.53. The molecule has 0 aliphatic carbocycles. The Morgan fingerprint density at radius 1 is 1.19 bits per heavy atom. The van der Waals surface area contributed by atoms with Crippen molar-refractivity contribution in [1.29, 1.82) is 0 Å². The van der Waals surface area contributed by atoms with Crippen LogP contribution in [0.15, 0.2) is 30.5 Å². The molecule has 6 heteroatoms. The zero-order valence-electron chi connectivity index (χ0n) is 12.5. The smallest absolute Gasteiger partial charge is 0.249 e. The number of hydrogen-bond acceptors (Lipinski definition) is 6. The fourth-order valence-electron chi connectivity index (χ4n) is 1.83. The van der Waals surface area contributed by atoms with E-state index in [1.807, 2.05) is 12.1 Å². The number of nitrogens with one attached hydrogen (secondary N) is 2. The van der Waals surface area contributed by atoms with Gasteiger partial charge in [-0.1, -0.05) is 19.1 Å². The van der Waals surface area contributed by atoms with Crippen LogP contribution in [0.1, 0.15) is 18.9 Å². The van der Waals surface area contributed by atoms with E-state index in [-0.39, 0.29) is 0 Å². The van der Waals surface area contributed by atoms with Crippen molar-refractivity contribution in [2.24, 2.45) is 0 Å². The summed E-state index contributed by atoms with van der Waals surface area (Å²) in [6.07, 6.45) is 3.55. The second-order valence-corrected chi connectivity index (χ2v) is 4.61. The van der Waals surface area contributed by atoms with E-state index in [2.05, 4.69) is 44.9 Å². The van der Waals surface area contributed by atoms with Gasteiger partial charge in [-0.2, -0.15) is 10.1 Å². The van der Waals surface area contributed by atoms with Gasteiger partial charge in [-0.15, -0.1) is 5.10 Å². The van der Waals surface area contributed by atoms with Crippen molar-refractivity contribution < 1.29 is 4.74 Å². The van der Waals surface area contributed by atoms with E-state index >= 15 is 0 Å². The predicted molar refractivity (Wildman–Crippen MR) is 83.9 cm³/mol. The minimum absolute atomic E-state index is 0.482. The molecule has 1 heterocycles. The summed E-state index contributed by atoms with van der Waals surface area (Å²) in [7, 11) is 1.69. The molecule has 0 aliphatic heterocycles. The molecule has 0 saturated heterocycles. The maximum absolute atomic E-state index is 5.00. The molecule has 2 N–H and O–H groups in total. The van der Waals surface area contributed by atoms with Crippen LogP contribution in [0.3, 0.4) is 0 Å². The molecule has 0 fully saturated rings. The topological polar surface area (TPSA) is 72.0 Å². The molecule has 0 spiro atoms. The van der Waals surface area contributed by atoms with Crippen LogP contribution in [0, 0.1) is 0 Å². The van der Waals surface area contributed by atoms with Crippen LogP contribution in [-0.4, -0.2) is 35.4 Å². The Morgan fingerprint density at radius 3 is 2.71 bits per heavy atom.